The van der Waals surface area contributed by atoms with E-state index in [0.29, 0.717) is 4.47 Å². The number of halogens is 1. The first-order valence-electron chi connectivity index (χ1n) is 4.49. The molecule has 8 heteroatoms. The first-order chi connectivity index (χ1) is 8.08. The van der Waals surface area contributed by atoms with Crippen LogP contribution in [-0.4, -0.2) is 23.6 Å². The predicted molar refractivity (Wildman–Crippen MR) is 64.8 cm³/mol. The minimum atomic E-state index is -3.68. The fraction of sp³-hybridized carbons (Fsp3) is 0. The number of anilines is 1. The quantitative estimate of drug-likeness (QED) is 0.926. The summed E-state index contributed by atoms with van der Waals surface area (Å²) >= 11 is 3.16. The van der Waals surface area contributed by atoms with Gasteiger partial charge in [0.2, 0.25) is 0 Å². The third kappa shape index (κ3) is 2.98. The molecule has 0 aliphatic heterocycles. The van der Waals surface area contributed by atoms with Gasteiger partial charge in [-0.3, -0.25) is 9.71 Å². The Labute approximate surface area is 106 Å². The normalized spacial score (nSPS) is 11.1. The second-order valence-electron chi connectivity index (χ2n) is 3.05. The molecule has 0 aliphatic carbocycles. The lowest BCUT2D eigenvalue weighted by Crippen LogP contribution is -2.14. The van der Waals surface area contributed by atoms with Crippen LogP contribution < -0.4 is 4.72 Å². The molecule has 0 bridgehead atoms. The number of sulfonamides is 1. The van der Waals surface area contributed by atoms with Gasteiger partial charge < -0.3 is 0 Å². The van der Waals surface area contributed by atoms with E-state index in [4.69, 9.17) is 0 Å². The minimum Gasteiger partial charge on any atom is -0.262 e. The van der Waals surface area contributed by atoms with Gasteiger partial charge in [0.1, 0.15) is 4.90 Å². The predicted octanol–water partition coefficient (Wildman–Crippen LogP) is 1.43. The van der Waals surface area contributed by atoms with Gasteiger partial charge in [0.05, 0.1) is 0 Å². The Bertz CT molecular complexity index is 618. The van der Waals surface area contributed by atoms with Crippen LogP contribution in [0.3, 0.4) is 0 Å². The van der Waals surface area contributed by atoms with Crippen LogP contribution in [0.1, 0.15) is 0 Å². The second-order valence-corrected chi connectivity index (χ2v) is 5.65. The van der Waals surface area contributed by atoms with Gasteiger partial charge in [-0.15, -0.1) is 5.10 Å². The zero-order valence-corrected chi connectivity index (χ0v) is 10.8. The molecule has 88 valence electrons. The number of hydrogen-bond acceptors (Lipinski definition) is 5. The van der Waals surface area contributed by atoms with Gasteiger partial charge in [-0.2, -0.15) is 5.10 Å². The largest absolute Gasteiger partial charge is 0.264 e. The summed E-state index contributed by atoms with van der Waals surface area (Å²) in [4.78, 5) is 3.84. The van der Waals surface area contributed by atoms with Crippen molar-refractivity contribution in [1.82, 2.24) is 15.2 Å². The van der Waals surface area contributed by atoms with Crippen LogP contribution in [0.2, 0.25) is 0 Å². The average Bonchev–Trinajstić information content (AvgIpc) is 2.30. The third-order valence-electron chi connectivity index (χ3n) is 1.80. The molecule has 0 saturated heterocycles. The van der Waals surface area contributed by atoms with E-state index in [1.807, 2.05) is 0 Å². The molecule has 1 N–H and O–H groups in total. The summed E-state index contributed by atoms with van der Waals surface area (Å²) in [5.74, 6) is 0.160. The van der Waals surface area contributed by atoms with Gasteiger partial charge >= 0.3 is 0 Å². The molecular formula is C9H7BrN4O2S. The van der Waals surface area contributed by atoms with Crippen LogP contribution >= 0.6 is 15.9 Å². The van der Waals surface area contributed by atoms with Crippen LogP contribution in [0.4, 0.5) is 5.82 Å². The highest BCUT2D eigenvalue weighted by molar-refractivity contribution is 9.10. The Hall–Kier alpha value is -1.54. The van der Waals surface area contributed by atoms with Gasteiger partial charge in [-0.1, -0.05) is 0 Å². The summed E-state index contributed by atoms with van der Waals surface area (Å²) in [6, 6.07) is 4.55. The summed E-state index contributed by atoms with van der Waals surface area (Å²) in [7, 11) is -3.68. The Kier molecular flexibility index (Phi) is 3.34. The maximum absolute atomic E-state index is 11.9. The van der Waals surface area contributed by atoms with Crippen molar-refractivity contribution in [2.45, 2.75) is 4.90 Å². The van der Waals surface area contributed by atoms with Gasteiger partial charge in [0.15, 0.2) is 5.82 Å². The Morgan fingerprint density at radius 1 is 1.29 bits per heavy atom. The zero-order valence-electron chi connectivity index (χ0n) is 8.41. The zero-order chi connectivity index (χ0) is 12.3. The first kappa shape index (κ1) is 11.9. The van der Waals surface area contributed by atoms with Crippen molar-refractivity contribution in [2.75, 3.05) is 4.72 Å². The molecule has 0 atom stereocenters. The van der Waals surface area contributed by atoms with Crippen molar-refractivity contribution in [3.8, 4) is 0 Å². The van der Waals surface area contributed by atoms with E-state index in [2.05, 4.69) is 35.8 Å². The van der Waals surface area contributed by atoms with Crippen molar-refractivity contribution in [1.29, 1.82) is 0 Å². The van der Waals surface area contributed by atoms with E-state index in [0.717, 1.165) is 0 Å². The van der Waals surface area contributed by atoms with Crippen molar-refractivity contribution < 1.29 is 8.42 Å². The standard InChI is InChI=1S/C9H7BrN4O2S/c10-7-4-8(6-11-5-7)17(15,16)14-9-2-1-3-12-13-9/h1-6H,(H,13,14). The molecule has 2 aromatic heterocycles. The molecule has 0 fully saturated rings. The lowest BCUT2D eigenvalue weighted by molar-refractivity contribution is 0.600. The van der Waals surface area contributed by atoms with E-state index in [1.165, 1.54) is 30.7 Å². The van der Waals surface area contributed by atoms with E-state index in [9.17, 15) is 8.42 Å². The number of aromatic nitrogens is 3. The minimum absolute atomic E-state index is 0.0533. The van der Waals surface area contributed by atoms with Crippen LogP contribution in [0.25, 0.3) is 0 Å². The molecule has 2 heterocycles. The summed E-state index contributed by atoms with van der Waals surface area (Å²) in [6.45, 7) is 0. The maximum atomic E-state index is 11.9. The number of nitrogens with one attached hydrogen (secondary N) is 1. The summed E-state index contributed by atoms with van der Waals surface area (Å²) in [5.41, 5.74) is 0. The van der Waals surface area contributed by atoms with Crippen LogP contribution in [0.15, 0.2) is 46.2 Å². The molecule has 0 spiro atoms. The molecule has 0 saturated carbocycles. The number of rotatable bonds is 3. The van der Waals surface area contributed by atoms with Crippen molar-refractivity contribution in [3.63, 3.8) is 0 Å². The second kappa shape index (κ2) is 4.76. The fourth-order valence-electron chi connectivity index (χ4n) is 1.09. The number of pyridine rings is 1. The van der Waals surface area contributed by atoms with Gasteiger partial charge in [-0.05, 0) is 34.1 Å². The Morgan fingerprint density at radius 3 is 2.76 bits per heavy atom. The first-order valence-corrected chi connectivity index (χ1v) is 6.76. The molecule has 6 nitrogen and oxygen atoms in total. The summed E-state index contributed by atoms with van der Waals surface area (Å²) in [6.07, 6.45) is 4.21. The molecule has 0 aliphatic rings. The van der Waals surface area contributed by atoms with Crippen LogP contribution in [0, 0.1) is 0 Å². The smallest absolute Gasteiger partial charge is 0.262 e. The van der Waals surface area contributed by atoms with Crippen molar-refractivity contribution in [3.05, 3.63) is 41.3 Å². The number of nitrogens with zero attached hydrogens (tertiary/aromatic N) is 3. The van der Waals surface area contributed by atoms with Crippen molar-refractivity contribution >= 4 is 31.8 Å². The SMILES string of the molecule is O=S(=O)(Nc1cccnn1)c1cncc(Br)c1. The topological polar surface area (TPSA) is 84.8 Å². The highest BCUT2D eigenvalue weighted by Crippen LogP contribution is 2.16. The van der Waals surface area contributed by atoms with E-state index in [-0.39, 0.29) is 10.7 Å². The molecule has 2 aromatic rings. The molecule has 17 heavy (non-hydrogen) atoms. The third-order valence-corrected chi connectivity index (χ3v) is 3.56. The maximum Gasteiger partial charge on any atom is 0.264 e. The van der Waals surface area contributed by atoms with Crippen LogP contribution in [-0.2, 0) is 10.0 Å². The molecule has 0 amide bonds. The Balaban J connectivity index is 2.32. The average molecular weight is 315 g/mol. The van der Waals surface area contributed by atoms with Gasteiger partial charge in [-0.25, -0.2) is 8.42 Å². The molecule has 0 aromatic carbocycles. The summed E-state index contributed by atoms with van der Waals surface area (Å²) in [5, 5.41) is 7.22. The number of hydrogen-bond donors (Lipinski definition) is 1. The van der Waals surface area contributed by atoms with Crippen molar-refractivity contribution in [2.24, 2.45) is 0 Å². The molecular weight excluding hydrogens is 308 g/mol. The Morgan fingerprint density at radius 2 is 2.12 bits per heavy atom. The van der Waals surface area contributed by atoms with E-state index < -0.39 is 10.0 Å². The fourth-order valence-corrected chi connectivity index (χ4v) is 2.59. The molecule has 0 radical (unpaired) electrons. The van der Waals surface area contributed by atoms with Crippen LogP contribution in [0.5, 0.6) is 0 Å². The molecule has 2 rings (SSSR count). The van der Waals surface area contributed by atoms with Gasteiger partial charge in [0.25, 0.3) is 10.0 Å². The van der Waals surface area contributed by atoms with E-state index in [1.54, 1.807) is 6.07 Å². The van der Waals surface area contributed by atoms with Gasteiger partial charge in [0, 0.05) is 23.1 Å². The lowest BCUT2D eigenvalue weighted by Gasteiger charge is -2.05. The highest BCUT2D eigenvalue weighted by Gasteiger charge is 2.15. The highest BCUT2D eigenvalue weighted by atomic mass is 79.9. The lowest BCUT2D eigenvalue weighted by atomic mass is 10.5. The molecule has 0 unspecified atom stereocenters. The van der Waals surface area contributed by atoms with E-state index >= 15 is 0 Å². The summed E-state index contributed by atoms with van der Waals surface area (Å²) < 4.78 is 26.7. The monoisotopic (exact) mass is 314 g/mol.